The maximum absolute atomic E-state index is 12.9. The molecule has 25 heavy (non-hydrogen) atoms. The summed E-state index contributed by atoms with van der Waals surface area (Å²) in [4.78, 5) is 25.8. The molecule has 1 N–H and O–H groups in total. The molecular weight excluding hydrogens is 318 g/mol. The Morgan fingerprint density at radius 2 is 1.96 bits per heavy atom. The molecule has 1 amide bonds. The Morgan fingerprint density at radius 1 is 1.24 bits per heavy atom. The third kappa shape index (κ3) is 2.35. The van der Waals surface area contributed by atoms with Crippen LogP contribution in [0.5, 0.6) is 0 Å². The second-order valence-corrected chi connectivity index (χ2v) is 8.43. The van der Waals surface area contributed by atoms with Gasteiger partial charge < -0.3 is 9.84 Å². The Balaban J connectivity index is 1.54. The molecule has 0 saturated heterocycles. The van der Waals surface area contributed by atoms with E-state index in [1.165, 1.54) is 11.3 Å². The number of rotatable bonds is 2. The molecule has 0 spiro atoms. The molecule has 134 valence electrons. The van der Waals surface area contributed by atoms with Gasteiger partial charge in [0.2, 0.25) is 0 Å². The summed E-state index contributed by atoms with van der Waals surface area (Å²) in [6, 6.07) is 6.48. The number of hydrogen-bond donors (Lipinski definition) is 1. The van der Waals surface area contributed by atoms with Crippen LogP contribution in [0.25, 0.3) is 0 Å². The number of benzene rings is 1. The second-order valence-electron chi connectivity index (χ2n) is 8.43. The summed E-state index contributed by atoms with van der Waals surface area (Å²) in [7, 11) is 0. The van der Waals surface area contributed by atoms with E-state index in [1.807, 2.05) is 18.2 Å². The summed E-state index contributed by atoms with van der Waals surface area (Å²) in [6.07, 6.45) is 1.79. The van der Waals surface area contributed by atoms with E-state index < -0.39 is 18.1 Å². The number of nitrogens with zero attached hydrogens (tertiary/aromatic N) is 1. The van der Waals surface area contributed by atoms with Gasteiger partial charge in [-0.2, -0.15) is 0 Å². The van der Waals surface area contributed by atoms with E-state index in [-0.39, 0.29) is 6.10 Å². The van der Waals surface area contributed by atoms with Crippen LogP contribution in [-0.4, -0.2) is 29.3 Å². The molecule has 3 fully saturated rings. The molecule has 5 nitrogen and oxygen atoms in total. The summed E-state index contributed by atoms with van der Waals surface area (Å²) in [6.45, 7) is 6.77. The number of fused-ring (bicyclic) bond motifs is 3. The SMILES string of the molecule is C[C@@H]1[C@H]2C[C@@H](C[C@H]1OC(=O)N1c3ccccc3C[C@@H]1C(=O)O)C2(C)C. The van der Waals surface area contributed by atoms with Crippen LogP contribution in [0.3, 0.4) is 0 Å². The van der Waals surface area contributed by atoms with Gasteiger partial charge >= 0.3 is 12.1 Å². The maximum Gasteiger partial charge on any atom is 0.415 e. The van der Waals surface area contributed by atoms with E-state index in [9.17, 15) is 14.7 Å². The summed E-state index contributed by atoms with van der Waals surface area (Å²) in [5, 5.41) is 9.53. The fourth-order valence-corrected chi connectivity index (χ4v) is 5.25. The van der Waals surface area contributed by atoms with E-state index in [4.69, 9.17) is 4.74 Å². The standard InChI is InChI=1S/C20H25NO4/c1-11-14-9-13(20(14,2)3)10-17(11)25-19(24)21-15-7-5-4-6-12(15)8-16(21)18(22)23/h4-7,11,13-14,16-17H,8-10H2,1-3H3,(H,22,23)/t11-,13+,14-,16-,17-/m1/s1. The number of carbonyl (C=O) groups excluding carboxylic acids is 1. The van der Waals surface area contributed by atoms with Crippen molar-refractivity contribution in [2.24, 2.45) is 23.2 Å². The van der Waals surface area contributed by atoms with Gasteiger partial charge in [-0.15, -0.1) is 0 Å². The minimum absolute atomic E-state index is 0.119. The van der Waals surface area contributed by atoms with Crippen LogP contribution >= 0.6 is 0 Å². The number of carboxylic acid groups (broad SMARTS) is 1. The molecule has 5 atom stereocenters. The van der Waals surface area contributed by atoms with Gasteiger partial charge in [0.25, 0.3) is 0 Å². The highest BCUT2D eigenvalue weighted by Crippen LogP contribution is 2.61. The first-order valence-electron chi connectivity index (χ1n) is 9.11. The number of ether oxygens (including phenoxy) is 1. The molecule has 2 bridgehead atoms. The molecule has 3 saturated carbocycles. The van der Waals surface area contributed by atoms with Crippen molar-refractivity contribution in [3.05, 3.63) is 29.8 Å². The molecule has 4 aliphatic rings. The molecule has 1 aromatic rings. The van der Waals surface area contributed by atoms with Crippen molar-refractivity contribution >= 4 is 17.7 Å². The zero-order chi connectivity index (χ0) is 17.9. The van der Waals surface area contributed by atoms with E-state index in [2.05, 4.69) is 20.8 Å². The van der Waals surface area contributed by atoms with Gasteiger partial charge in [0.1, 0.15) is 12.1 Å². The van der Waals surface area contributed by atoms with Crippen LogP contribution in [-0.2, 0) is 16.0 Å². The third-order valence-corrected chi connectivity index (χ3v) is 6.99. The number of aliphatic carboxylic acids is 1. The van der Waals surface area contributed by atoms with Gasteiger partial charge in [-0.1, -0.05) is 39.0 Å². The average molecular weight is 343 g/mol. The van der Waals surface area contributed by atoms with Crippen molar-refractivity contribution in [2.45, 2.75) is 52.2 Å². The van der Waals surface area contributed by atoms with Crippen molar-refractivity contribution in [1.82, 2.24) is 0 Å². The van der Waals surface area contributed by atoms with Crippen LogP contribution in [0.4, 0.5) is 10.5 Å². The lowest BCUT2D eigenvalue weighted by Crippen LogP contribution is -2.58. The fourth-order valence-electron chi connectivity index (χ4n) is 5.25. The third-order valence-electron chi connectivity index (χ3n) is 6.99. The number of carbonyl (C=O) groups is 2. The predicted octanol–water partition coefficient (Wildman–Crippen LogP) is 3.71. The molecule has 1 heterocycles. The first-order valence-corrected chi connectivity index (χ1v) is 9.11. The normalized spacial score (nSPS) is 34.8. The number of hydrogen-bond acceptors (Lipinski definition) is 3. The molecule has 1 aliphatic heterocycles. The van der Waals surface area contributed by atoms with Gasteiger partial charge in [-0.3, -0.25) is 4.90 Å². The quantitative estimate of drug-likeness (QED) is 0.889. The van der Waals surface area contributed by atoms with Crippen molar-refractivity contribution in [3.8, 4) is 0 Å². The number of anilines is 1. The number of carboxylic acids is 1. The van der Waals surface area contributed by atoms with Crippen LogP contribution in [0.1, 0.15) is 39.2 Å². The predicted molar refractivity (Wildman–Crippen MR) is 93.5 cm³/mol. The molecular formula is C20H25NO4. The highest BCUT2D eigenvalue weighted by molar-refractivity contribution is 5.98. The largest absolute Gasteiger partial charge is 0.480 e. The van der Waals surface area contributed by atoms with Gasteiger partial charge in [0, 0.05) is 6.42 Å². The number of para-hydroxylation sites is 1. The molecule has 3 aliphatic carbocycles. The van der Waals surface area contributed by atoms with E-state index in [0.29, 0.717) is 35.3 Å². The zero-order valence-corrected chi connectivity index (χ0v) is 14.9. The average Bonchev–Trinajstić information content (AvgIpc) is 2.96. The van der Waals surface area contributed by atoms with Crippen LogP contribution in [0, 0.1) is 23.2 Å². The Kier molecular flexibility index (Phi) is 3.60. The van der Waals surface area contributed by atoms with Crippen LogP contribution in [0.15, 0.2) is 24.3 Å². The highest BCUT2D eigenvalue weighted by Gasteiger charge is 2.57. The fraction of sp³-hybridized carbons (Fsp3) is 0.600. The first-order chi connectivity index (χ1) is 11.8. The molecule has 0 aromatic heterocycles. The minimum Gasteiger partial charge on any atom is -0.480 e. The van der Waals surface area contributed by atoms with E-state index in [0.717, 1.165) is 12.0 Å². The molecule has 0 radical (unpaired) electrons. The van der Waals surface area contributed by atoms with E-state index in [1.54, 1.807) is 6.07 Å². The minimum atomic E-state index is -0.992. The maximum atomic E-state index is 12.9. The molecule has 1 aromatic carbocycles. The highest BCUT2D eigenvalue weighted by atomic mass is 16.6. The van der Waals surface area contributed by atoms with Crippen molar-refractivity contribution in [3.63, 3.8) is 0 Å². The van der Waals surface area contributed by atoms with Gasteiger partial charge in [0.15, 0.2) is 0 Å². The topological polar surface area (TPSA) is 66.8 Å². The summed E-state index contributed by atoms with van der Waals surface area (Å²) in [5.74, 6) is 0.483. The summed E-state index contributed by atoms with van der Waals surface area (Å²) < 4.78 is 5.84. The molecule has 5 heteroatoms. The van der Waals surface area contributed by atoms with Crippen molar-refractivity contribution in [1.29, 1.82) is 0 Å². The van der Waals surface area contributed by atoms with Crippen LogP contribution < -0.4 is 4.90 Å². The summed E-state index contributed by atoms with van der Waals surface area (Å²) >= 11 is 0. The van der Waals surface area contributed by atoms with Gasteiger partial charge in [0.05, 0.1) is 5.69 Å². The monoisotopic (exact) mass is 343 g/mol. The zero-order valence-electron chi connectivity index (χ0n) is 14.9. The summed E-state index contributed by atoms with van der Waals surface area (Å²) in [5.41, 5.74) is 1.87. The lowest BCUT2D eigenvalue weighted by molar-refractivity contribution is -0.155. The number of amides is 1. The Labute approximate surface area is 148 Å². The first kappa shape index (κ1) is 16.4. The van der Waals surface area contributed by atoms with Crippen molar-refractivity contribution < 1.29 is 19.4 Å². The smallest absolute Gasteiger partial charge is 0.415 e. The Bertz CT molecular complexity index is 728. The van der Waals surface area contributed by atoms with Gasteiger partial charge in [-0.05, 0) is 47.6 Å². The van der Waals surface area contributed by atoms with Crippen LogP contribution in [0.2, 0.25) is 0 Å². The second kappa shape index (κ2) is 5.48. The Hall–Kier alpha value is -2.04. The molecule has 5 rings (SSSR count). The van der Waals surface area contributed by atoms with Gasteiger partial charge in [-0.25, -0.2) is 9.59 Å². The Morgan fingerprint density at radius 3 is 2.60 bits per heavy atom. The lowest BCUT2D eigenvalue weighted by Gasteiger charge is -2.61. The van der Waals surface area contributed by atoms with Crippen molar-refractivity contribution in [2.75, 3.05) is 4.90 Å². The van der Waals surface area contributed by atoms with E-state index >= 15 is 0 Å². The lowest BCUT2D eigenvalue weighted by atomic mass is 9.45. The molecule has 0 unspecified atom stereocenters.